The summed E-state index contributed by atoms with van der Waals surface area (Å²) in [4.78, 5) is 0.246. The van der Waals surface area contributed by atoms with Crippen molar-refractivity contribution in [3.05, 3.63) is 41.3 Å². The lowest BCUT2D eigenvalue weighted by molar-refractivity contribution is 0.380. The first-order valence-electron chi connectivity index (χ1n) is 5.91. The van der Waals surface area contributed by atoms with Gasteiger partial charge in [-0.1, -0.05) is 5.16 Å². The first-order chi connectivity index (χ1) is 9.44. The van der Waals surface area contributed by atoms with E-state index in [1.54, 1.807) is 32.0 Å². The zero-order valence-corrected chi connectivity index (χ0v) is 12.0. The van der Waals surface area contributed by atoms with Gasteiger partial charge in [-0.2, -0.15) is 0 Å². The molecule has 20 heavy (non-hydrogen) atoms. The molecule has 108 valence electrons. The van der Waals surface area contributed by atoms with Crippen LogP contribution in [0.1, 0.15) is 16.9 Å². The molecule has 0 saturated heterocycles. The Morgan fingerprint density at radius 3 is 2.45 bits per heavy atom. The minimum atomic E-state index is -3.63. The number of aromatic nitrogens is 1. The van der Waals surface area contributed by atoms with Crippen LogP contribution in [0, 0.1) is 13.8 Å². The number of hydrogen-bond acceptors (Lipinski definition) is 6. The normalized spacial score (nSPS) is 11.6. The lowest BCUT2D eigenvalue weighted by atomic mass is 10.1. The molecular formula is C12H16N4O3S. The zero-order valence-electron chi connectivity index (χ0n) is 11.2. The van der Waals surface area contributed by atoms with E-state index in [-0.39, 0.29) is 11.4 Å². The van der Waals surface area contributed by atoms with Crippen molar-refractivity contribution < 1.29 is 12.9 Å². The summed E-state index contributed by atoms with van der Waals surface area (Å²) in [6.45, 7) is 3.49. The maximum atomic E-state index is 12.3. The third-order valence-corrected chi connectivity index (χ3v) is 4.53. The van der Waals surface area contributed by atoms with Gasteiger partial charge in [0, 0.05) is 11.8 Å². The summed E-state index contributed by atoms with van der Waals surface area (Å²) >= 11 is 0. The van der Waals surface area contributed by atoms with Gasteiger partial charge < -0.3 is 9.95 Å². The molecule has 0 atom stereocenters. The maximum Gasteiger partial charge on any atom is 0.241 e. The molecule has 7 nitrogen and oxygen atoms in total. The Kier molecular flexibility index (Phi) is 4.07. The number of rotatable bonds is 5. The van der Waals surface area contributed by atoms with Crippen LogP contribution in [-0.2, 0) is 16.6 Å². The van der Waals surface area contributed by atoms with Crippen molar-refractivity contribution in [2.24, 2.45) is 5.84 Å². The Morgan fingerprint density at radius 1 is 1.30 bits per heavy atom. The molecule has 0 aliphatic rings. The van der Waals surface area contributed by atoms with Gasteiger partial charge in [0.15, 0.2) is 5.76 Å². The van der Waals surface area contributed by atoms with Gasteiger partial charge in [0.25, 0.3) is 0 Å². The number of nitrogens with zero attached hydrogens (tertiary/aromatic N) is 1. The van der Waals surface area contributed by atoms with Crippen molar-refractivity contribution in [1.29, 1.82) is 0 Å². The third kappa shape index (κ3) is 2.98. The number of hydrazine groups is 1. The molecule has 0 amide bonds. The van der Waals surface area contributed by atoms with Gasteiger partial charge in [0.05, 0.1) is 17.6 Å². The van der Waals surface area contributed by atoms with E-state index >= 15 is 0 Å². The summed E-state index contributed by atoms with van der Waals surface area (Å²) in [6.07, 6.45) is 1.46. The average molecular weight is 296 g/mol. The molecule has 0 fully saturated rings. The van der Waals surface area contributed by atoms with Gasteiger partial charge in [0.2, 0.25) is 10.0 Å². The molecule has 0 unspecified atom stereocenters. The summed E-state index contributed by atoms with van der Waals surface area (Å²) < 4.78 is 32.0. The lowest BCUT2D eigenvalue weighted by Gasteiger charge is -2.13. The summed E-state index contributed by atoms with van der Waals surface area (Å²) in [6, 6.07) is 4.95. The Balaban J connectivity index is 2.29. The van der Waals surface area contributed by atoms with Crippen LogP contribution in [-0.4, -0.2) is 13.6 Å². The topological polar surface area (TPSA) is 110 Å². The first kappa shape index (κ1) is 14.5. The number of benzene rings is 1. The van der Waals surface area contributed by atoms with Crippen LogP contribution in [0.2, 0.25) is 0 Å². The fourth-order valence-electron chi connectivity index (χ4n) is 2.03. The SMILES string of the molecule is Cc1cc(NN)cc(C)c1S(=O)(=O)NCc1ccno1. The second-order valence-electron chi connectivity index (χ2n) is 4.39. The van der Waals surface area contributed by atoms with Crippen LogP contribution in [0.5, 0.6) is 0 Å². The Morgan fingerprint density at radius 2 is 1.95 bits per heavy atom. The van der Waals surface area contributed by atoms with Crippen LogP contribution in [0.25, 0.3) is 0 Å². The summed E-state index contributed by atoms with van der Waals surface area (Å²) in [5, 5.41) is 3.52. The summed E-state index contributed by atoms with van der Waals surface area (Å²) in [5.41, 5.74) is 4.39. The highest BCUT2D eigenvalue weighted by atomic mass is 32.2. The number of nitrogens with two attached hydrogens (primary N) is 1. The van der Waals surface area contributed by atoms with Crippen LogP contribution in [0.15, 0.2) is 33.8 Å². The largest absolute Gasteiger partial charge is 0.360 e. The van der Waals surface area contributed by atoms with Crippen molar-refractivity contribution >= 4 is 15.7 Å². The Bertz CT molecular complexity index is 672. The molecule has 0 bridgehead atoms. The van der Waals surface area contributed by atoms with Crippen LogP contribution in [0.3, 0.4) is 0 Å². The minimum Gasteiger partial charge on any atom is -0.360 e. The van der Waals surface area contributed by atoms with E-state index in [0.717, 1.165) is 0 Å². The molecule has 1 heterocycles. The number of hydrogen-bond donors (Lipinski definition) is 3. The molecule has 0 aliphatic carbocycles. The molecule has 1 aromatic carbocycles. The highest BCUT2D eigenvalue weighted by Gasteiger charge is 2.20. The molecule has 0 aliphatic heterocycles. The van der Waals surface area contributed by atoms with E-state index in [1.165, 1.54) is 6.20 Å². The number of aryl methyl sites for hydroxylation is 2. The average Bonchev–Trinajstić information content (AvgIpc) is 2.88. The van der Waals surface area contributed by atoms with Gasteiger partial charge in [-0.15, -0.1) is 0 Å². The second-order valence-corrected chi connectivity index (χ2v) is 6.09. The van der Waals surface area contributed by atoms with E-state index in [4.69, 9.17) is 10.4 Å². The smallest absolute Gasteiger partial charge is 0.241 e. The first-order valence-corrected chi connectivity index (χ1v) is 7.39. The quantitative estimate of drug-likeness (QED) is 0.562. The van der Waals surface area contributed by atoms with Crippen molar-refractivity contribution in [2.45, 2.75) is 25.3 Å². The number of nitrogens with one attached hydrogen (secondary N) is 2. The molecule has 1 aromatic heterocycles. The summed E-state index contributed by atoms with van der Waals surface area (Å²) in [7, 11) is -3.63. The molecule has 0 saturated carbocycles. The predicted molar refractivity (Wildman–Crippen MR) is 74.3 cm³/mol. The summed E-state index contributed by atoms with van der Waals surface area (Å²) in [5.74, 6) is 5.78. The van der Waals surface area contributed by atoms with Gasteiger partial charge in [-0.25, -0.2) is 13.1 Å². The predicted octanol–water partition coefficient (Wildman–Crippen LogP) is 1.06. The minimum absolute atomic E-state index is 0.0537. The van der Waals surface area contributed by atoms with Crippen LogP contribution in [0.4, 0.5) is 5.69 Å². The van der Waals surface area contributed by atoms with Crippen molar-refractivity contribution in [3.8, 4) is 0 Å². The van der Waals surface area contributed by atoms with Crippen molar-refractivity contribution in [2.75, 3.05) is 5.43 Å². The van der Waals surface area contributed by atoms with E-state index < -0.39 is 10.0 Å². The monoisotopic (exact) mass is 296 g/mol. The van der Waals surface area contributed by atoms with Crippen LogP contribution >= 0.6 is 0 Å². The van der Waals surface area contributed by atoms with Gasteiger partial charge >= 0.3 is 0 Å². The number of sulfonamides is 1. The van der Waals surface area contributed by atoms with Crippen molar-refractivity contribution in [1.82, 2.24) is 9.88 Å². The fraction of sp³-hybridized carbons (Fsp3) is 0.250. The highest BCUT2D eigenvalue weighted by Crippen LogP contribution is 2.24. The molecule has 0 radical (unpaired) electrons. The van der Waals surface area contributed by atoms with Gasteiger partial charge in [-0.3, -0.25) is 5.84 Å². The van der Waals surface area contributed by atoms with Gasteiger partial charge in [-0.05, 0) is 37.1 Å². The highest BCUT2D eigenvalue weighted by molar-refractivity contribution is 7.89. The van der Waals surface area contributed by atoms with Crippen molar-refractivity contribution in [3.63, 3.8) is 0 Å². The molecular weight excluding hydrogens is 280 g/mol. The Labute approximate surface area is 117 Å². The molecule has 4 N–H and O–H groups in total. The van der Waals surface area contributed by atoms with E-state index in [0.29, 0.717) is 22.6 Å². The maximum absolute atomic E-state index is 12.3. The molecule has 2 rings (SSSR count). The third-order valence-electron chi connectivity index (χ3n) is 2.82. The zero-order chi connectivity index (χ0) is 14.8. The molecule has 8 heteroatoms. The Hall–Kier alpha value is -1.90. The van der Waals surface area contributed by atoms with E-state index in [1.807, 2.05) is 0 Å². The molecule has 0 spiro atoms. The fourth-order valence-corrected chi connectivity index (χ4v) is 3.47. The molecule has 2 aromatic rings. The van der Waals surface area contributed by atoms with Crippen LogP contribution < -0.4 is 16.0 Å². The standard InChI is InChI=1S/C12H16N4O3S/c1-8-5-10(16-13)6-9(2)12(8)20(17,18)15-7-11-3-4-14-19-11/h3-6,15-16H,7,13H2,1-2H3. The lowest BCUT2D eigenvalue weighted by Crippen LogP contribution is -2.25. The second kappa shape index (κ2) is 5.61. The van der Waals surface area contributed by atoms with E-state index in [2.05, 4.69) is 15.3 Å². The number of anilines is 1. The van der Waals surface area contributed by atoms with Gasteiger partial charge in [0.1, 0.15) is 0 Å². The van der Waals surface area contributed by atoms with E-state index in [9.17, 15) is 8.42 Å². The number of nitrogen functional groups attached to an aromatic ring is 1.